The summed E-state index contributed by atoms with van der Waals surface area (Å²) in [6.07, 6.45) is 4.50. The van der Waals surface area contributed by atoms with Gasteiger partial charge in [-0.1, -0.05) is 26.7 Å². The smallest absolute Gasteiger partial charge is 0.229 e. The first kappa shape index (κ1) is 13.5. The molecule has 3 heteroatoms. The van der Waals surface area contributed by atoms with Gasteiger partial charge >= 0.3 is 0 Å². The Morgan fingerprint density at radius 3 is 2.31 bits per heavy atom. The fourth-order valence-corrected chi connectivity index (χ4v) is 2.59. The van der Waals surface area contributed by atoms with E-state index in [2.05, 4.69) is 19.2 Å². The number of hydrogen-bond donors (Lipinski definition) is 1. The van der Waals surface area contributed by atoms with Gasteiger partial charge in [0, 0.05) is 20.6 Å². The maximum atomic E-state index is 12.2. The second kappa shape index (κ2) is 5.67. The summed E-state index contributed by atoms with van der Waals surface area (Å²) in [5.41, 5.74) is -0.113. The van der Waals surface area contributed by atoms with Crippen LogP contribution in [0.3, 0.4) is 0 Å². The molecule has 0 aromatic heterocycles. The molecule has 0 aliphatic heterocycles. The van der Waals surface area contributed by atoms with Crippen molar-refractivity contribution in [3.63, 3.8) is 0 Å². The van der Waals surface area contributed by atoms with Crippen molar-refractivity contribution in [2.45, 2.75) is 39.5 Å². The Labute approximate surface area is 99.6 Å². The van der Waals surface area contributed by atoms with E-state index in [1.54, 1.807) is 4.90 Å². The van der Waals surface area contributed by atoms with Gasteiger partial charge in [-0.2, -0.15) is 0 Å². The summed E-state index contributed by atoms with van der Waals surface area (Å²) in [6.45, 7) is 6.24. The van der Waals surface area contributed by atoms with Gasteiger partial charge in [-0.05, 0) is 25.3 Å². The number of carbonyl (C=O) groups is 1. The van der Waals surface area contributed by atoms with E-state index in [9.17, 15) is 4.79 Å². The topological polar surface area (TPSA) is 32.3 Å². The first-order valence-corrected chi connectivity index (χ1v) is 6.40. The van der Waals surface area contributed by atoms with Gasteiger partial charge in [-0.15, -0.1) is 0 Å². The Kier molecular flexibility index (Phi) is 4.78. The highest BCUT2D eigenvalue weighted by atomic mass is 16.2. The van der Waals surface area contributed by atoms with Crippen LogP contribution in [0.2, 0.25) is 0 Å². The fraction of sp³-hybridized carbons (Fsp3) is 0.923. The number of hydrogen-bond acceptors (Lipinski definition) is 2. The highest BCUT2D eigenvalue weighted by Crippen LogP contribution is 2.38. The van der Waals surface area contributed by atoms with E-state index in [1.807, 2.05) is 14.1 Å². The maximum Gasteiger partial charge on any atom is 0.229 e. The Bertz CT molecular complexity index is 230. The van der Waals surface area contributed by atoms with Crippen LogP contribution in [0.15, 0.2) is 0 Å². The van der Waals surface area contributed by atoms with E-state index in [0.29, 0.717) is 11.8 Å². The molecule has 16 heavy (non-hydrogen) atoms. The standard InChI is InChI=1S/C13H26N2O/c1-11(2)9-14-10-13(7-5-6-8-13)12(16)15(3)4/h11,14H,5-10H2,1-4H3. The summed E-state index contributed by atoms with van der Waals surface area (Å²) < 4.78 is 0. The average Bonchev–Trinajstić information content (AvgIpc) is 2.65. The van der Waals surface area contributed by atoms with Gasteiger partial charge in [-0.25, -0.2) is 0 Å². The number of amides is 1. The summed E-state index contributed by atoms with van der Waals surface area (Å²) in [5, 5.41) is 3.46. The molecule has 0 heterocycles. The molecule has 1 amide bonds. The molecule has 1 aliphatic rings. The molecular weight excluding hydrogens is 200 g/mol. The fourth-order valence-electron chi connectivity index (χ4n) is 2.59. The van der Waals surface area contributed by atoms with Crippen molar-refractivity contribution in [3.8, 4) is 0 Å². The predicted molar refractivity (Wildman–Crippen MR) is 67.3 cm³/mol. The molecule has 1 fully saturated rings. The van der Waals surface area contributed by atoms with Gasteiger partial charge in [0.15, 0.2) is 0 Å². The Morgan fingerprint density at radius 2 is 1.88 bits per heavy atom. The van der Waals surface area contributed by atoms with Crippen LogP contribution in [-0.4, -0.2) is 38.0 Å². The van der Waals surface area contributed by atoms with Crippen molar-refractivity contribution < 1.29 is 4.79 Å². The van der Waals surface area contributed by atoms with Crippen LogP contribution in [0, 0.1) is 11.3 Å². The Morgan fingerprint density at radius 1 is 1.31 bits per heavy atom. The molecule has 94 valence electrons. The van der Waals surface area contributed by atoms with E-state index in [0.717, 1.165) is 25.9 Å². The lowest BCUT2D eigenvalue weighted by Gasteiger charge is -2.31. The normalized spacial score (nSPS) is 19.1. The zero-order valence-corrected chi connectivity index (χ0v) is 11.2. The molecule has 0 bridgehead atoms. The molecule has 1 saturated carbocycles. The van der Waals surface area contributed by atoms with E-state index in [-0.39, 0.29) is 5.41 Å². The molecule has 0 aromatic carbocycles. The van der Waals surface area contributed by atoms with Gasteiger partial charge in [-0.3, -0.25) is 4.79 Å². The molecule has 0 radical (unpaired) electrons. The van der Waals surface area contributed by atoms with Crippen LogP contribution >= 0.6 is 0 Å². The van der Waals surface area contributed by atoms with Crippen molar-refractivity contribution in [2.24, 2.45) is 11.3 Å². The van der Waals surface area contributed by atoms with E-state index in [4.69, 9.17) is 0 Å². The van der Waals surface area contributed by atoms with Crippen LogP contribution in [0.4, 0.5) is 0 Å². The quantitative estimate of drug-likeness (QED) is 0.776. The largest absolute Gasteiger partial charge is 0.348 e. The van der Waals surface area contributed by atoms with Crippen molar-refractivity contribution in [1.82, 2.24) is 10.2 Å². The van der Waals surface area contributed by atoms with Crippen LogP contribution < -0.4 is 5.32 Å². The molecule has 0 unspecified atom stereocenters. The lowest BCUT2D eigenvalue weighted by Crippen LogP contribution is -2.45. The Hall–Kier alpha value is -0.570. The number of rotatable bonds is 5. The zero-order valence-electron chi connectivity index (χ0n) is 11.2. The third-order valence-electron chi connectivity index (χ3n) is 3.44. The van der Waals surface area contributed by atoms with Gasteiger partial charge in [0.05, 0.1) is 5.41 Å². The second-order valence-corrected chi connectivity index (χ2v) is 5.71. The molecular formula is C13H26N2O. The summed E-state index contributed by atoms with van der Waals surface area (Å²) >= 11 is 0. The number of carbonyl (C=O) groups excluding carboxylic acids is 1. The summed E-state index contributed by atoms with van der Waals surface area (Å²) in [6, 6.07) is 0. The third-order valence-corrected chi connectivity index (χ3v) is 3.44. The molecule has 1 N–H and O–H groups in total. The van der Waals surface area contributed by atoms with Crippen molar-refractivity contribution >= 4 is 5.91 Å². The minimum absolute atomic E-state index is 0.113. The number of nitrogens with zero attached hydrogens (tertiary/aromatic N) is 1. The summed E-state index contributed by atoms with van der Waals surface area (Å²) in [4.78, 5) is 14.0. The highest BCUT2D eigenvalue weighted by molar-refractivity contribution is 5.82. The second-order valence-electron chi connectivity index (χ2n) is 5.71. The van der Waals surface area contributed by atoms with Crippen molar-refractivity contribution in [1.29, 1.82) is 0 Å². The van der Waals surface area contributed by atoms with Crippen molar-refractivity contribution in [2.75, 3.05) is 27.2 Å². The minimum Gasteiger partial charge on any atom is -0.348 e. The van der Waals surface area contributed by atoms with Gasteiger partial charge < -0.3 is 10.2 Å². The molecule has 3 nitrogen and oxygen atoms in total. The van der Waals surface area contributed by atoms with Crippen LogP contribution in [0.5, 0.6) is 0 Å². The summed E-state index contributed by atoms with van der Waals surface area (Å²) in [5.74, 6) is 0.953. The first-order chi connectivity index (χ1) is 7.48. The molecule has 0 spiro atoms. The van der Waals surface area contributed by atoms with Crippen LogP contribution in [0.1, 0.15) is 39.5 Å². The molecule has 0 saturated heterocycles. The maximum absolute atomic E-state index is 12.2. The van der Waals surface area contributed by atoms with Gasteiger partial charge in [0.2, 0.25) is 5.91 Å². The Balaban J connectivity index is 2.55. The zero-order chi connectivity index (χ0) is 12.2. The highest BCUT2D eigenvalue weighted by Gasteiger charge is 2.41. The number of nitrogens with one attached hydrogen (secondary N) is 1. The molecule has 1 aliphatic carbocycles. The average molecular weight is 226 g/mol. The van der Waals surface area contributed by atoms with Gasteiger partial charge in [0.25, 0.3) is 0 Å². The van der Waals surface area contributed by atoms with Gasteiger partial charge in [0.1, 0.15) is 0 Å². The molecule has 0 atom stereocenters. The predicted octanol–water partition coefficient (Wildman–Crippen LogP) is 1.88. The van der Waals surface area contributed by atoms with Crippen LogP contribution in [-0.2, 0) is 4.79 Å². The lowest BCUT2D eigenvalue weighted by molar-refractivity contribution is -0.139. The van der Waals surface area contributed by atoms with E-state index in [1.165, 1.54) is 12.8 Å². The SMILES string of the molecule is CC(C)CNCC1(C(=O)N(C)C)CCCC1. The molecule has 1 rings (SSSR count). The molecule has 0 aromatic rings. The van der Waals surface area contributed by atoms with Crippen LogP contribution in [0.25, 0.3) is 0 Å². The monoisotopic (exact) mass is 226 g/mol. The summed E-state index contributed by atoms with van der Waals surface area (Å²) in [7, 11) is 3.73. The first-order valence-electron chi connectivity index (χ1n) is 6.40. The third kappa shape index (κ3) is 3.21. The minimum atomic E-state index is -0.113. The lowest BCUT2D eigenvalue weighted by atomic mass is 9.84. The van der Waals surface area contributed by atoms with E-state index >= 15 is 0 Å². The van der Waals surface area contributed by atoms with E-state index < -0.39 is 0 Å². The van der Waals surface area contributed by atoms with Crippen molar-refractivity contribution in [3.05, 3.63) is 0 Å².